The molecule has 0 saturated carbocycles. The molecule has 0 aliphatic carbocycles. The molecule has 0 atom stereocenters. The van der Waals surface area contributed by atoms with Crippen molar-refractivity contribution in [2.24, 2.45) is 0 Å². The number of nitrogens with two attached hydrogens (primary N) is 1. The molecule has 0 fully saturated rings. The molecule has 1 heterocycles. The predicted molar refractivity (Wildman–Crippen MR) is 79.5 cm³/mol. The molecule has 0 saturated heterocycles. The molecule has 2 aromatic carbocycles. The van der Waals surface area contributed by atoms with Crippen LogP contribution in [0.25, 0.3) is 23.5 Å². The van der Waals surface area contributed by atoms with Crippen molar-refractivity contribution in [1.29, 1.82) is 0 Å². The Morgan fingerprint density at radius 2 is 1.65 bits per heavy atom. The molecule has 4 nitrogen and oxygen atoms in total. The van der Waals surface area contributed by atoms with Crippen LogP contribution in [0.3, 0.4) is 0 Å². The lowest BCUT2D eigenvalue weighted by atomic mass is 10.2. The summed E-state index contributed by atoms with van der Waals surface area (Å²) in [5.74, 6) is 1.03. The topological polar surface area (TPSA) is 64.9 Å². The number of hydrogen-bond acceptors (Lipinski definition) is 4. The molecule has 0 aliphatic heterocycles. The smallest absolute Gasteiger partial charge is 0.250 e. The lowest BCUT2D eigenvalue weighted by Crippen LogP contribution is -1.85. The minimum Gasteiger partial charge on any atom is -0.399 e. The third kappa shape index (κ3) is 2.75. The van der Waals surface area contributed by atoms with Crippen molar-refractivity contribution in [1.82, 2.24) is 10.1 Å². The molecule has 2 N–H and O–H groups in total. The zero-order valence-electron chi connectivity index (χ0n) is 10.7. The Balaban J connectivity index is 1.80. The molecule has 4 heteroatoms. The van der Waals surface area contributed by atoms with Gasteiger partial charge in [0.2, 0.25) is 5.82 Å². The molecular formula is C16H13N3O. The Kier molecular flexibility index (Phi) is 3.29. The van der Waals surface area contributed by atoms with E-state index in [4.69, 9.17) is 10.3 Å². The molecule has 0 bridgehead atoms. The quantitative estimate of drug-likeness (QED) is 0.734. The van der Waals surface area contributed by atoms with Gasteiger partial charge in [0.05, 0.1) is 0 Å². The van der Waals surface area contributed by atoms with Gasteiger partial charge < -0.3 is 10.3 Å². The fraction of sp³-hybridized carbons (Fsp3) is 0. The zero-order chi connectivity index (χ0) is 13.8. The van der Waals surface area contributed by atoms with E-state index in [9.17, 15) is 0 Å². The van der Waals surface area contributed by atoms with Crippen LogP contribution in [0.4, 0.5) is 5.69 Å². The second-order valence-corrected chi connectivity index (χ2v) is 4.32. The van der Waals surface area contributed by atoms with E-state index in [-0.39, 0.29) is 0 Å². The first kappa shape index (κ1) is 12.2. The predicted octanol–water partition coefficient (Wildman–Crippen LogP) is 3.49. The molecule has 0 aliphatic rings. The highest BCUT2D eigenvalue weighted by molar-refractivity contribution is 5.67. The molecule has 3 aromatic rings. The van der Waals surface area contributed by atoms with Crippen LogP contribution in [-0.4, -0.2) is 10.1 Å². The lowest BCUT2D eigenvalue weighted by Gasteiger charge is -1.94. The van der Waals surface area contributed by atoms with Gasteiger partial charge in [-0.25, -0.2) is 0 Å². The summed E-state index contributed by atoms with van der Waals surface area (Å²) in [4.78, 5) is 4.32. The third-order valence-corrected chi connectivity index (χ3v) is 2.83. The lowest BCUT2D eigenvalue weighted by molar-refractivity contribution is 0.411. The minimum absolute atomic E-state index is 0.473. The second-order valence-electron chi connectivity index (χ2n) is 4.32. The summed E-state index contributed by atoms with van der Waals surface area (Å²) >= 11 is 0. The molecule has 0 unspecified atom stereocenters. The summed E-state index contributed by atoms with van der Waals surface area (Å²) < 4.78 is 5.19. The van der Waals surface area contributed by atoms with Crippen LogP contribution in [0.5, 0.6) is 0 Å². The Morgan fingerprint density at radius 3 is 2.40 bits per heavy atom. The Bertz CT molecular complexity index is 715. The molecule has 0 radical (unpaired) electrons. The van der Waals surface area contributed by atoms with Crippen LogP contribution in [0.1, 0.15) is 11.5 Å². The van der Waals surface area contributed by atoms with E-state index in [0.29, 0.717) is 17.4 Å². The second kappa shape index (κ2) is 5.40. The maximum absolute atomic E-state index is 5.65. The first-order chi connectivity index (χ1) is 9.81. The summed E-state index contributed by atoms with van der Waals surface area (Å²) in [5.41, 5.74) is 8.32. The van der Waals surface area contributed by atoms with Crippen molar-refractivity contribution in [2.45, 2.75) is 0 Å². The zero-order valence-corrected chi connectivity index (χ0v) is 10.7. The highest BCUT2D eigenvalue weighted by Crippen LogP contribution is 2.18. The largest absolute Gasteiger partial charge is 0.399 e. The van der Waals surface area contributed by atoms with Gasteiger partial charge in [-0.05, 0) is 35.9 Å². The average Bonchev–Trinajstić information content (AvgIpc) is 2.96. The van der Waals surface area contributed by atoms with Crippen molar-refractivity contribution < 1.29 is 4.52 Å². The van der Waals surface area contributed by atoms with Crippen LogP contribution >= 0.6 is 0 Å². The first-order valence-electron chi connectivity index (χ1n) is 6.24. The van der Waals surface area contributed by atoms with Gasteiger partial charge >= 0.3 is 0 Å². The molecular weight excluding hydrogens is 250 g/mol. The van der Waals surface area contributed by atoms with Gasteiger partial charge in [0.25, 0.3) is 5.89 Å². The van der Waals surface area contributed by atoms with Crippen LogP contribution in [-0.2, 0) is 0 Å². The van der Waals surface area contributed by atoms with E-state index in [2.05, 4.69) is 10.1 Å². The Labute approximate surface area is 116 Å². The number of aromatic nitrogens is 2. The van der Waals surface area contributed by atoms with E-state index >= 15 is 0 Å². The number of benzene rings is 2. The SMILES string of the molecule is Nc1ccc(-c2noc(/C=C/c3ccccc3)n2)cc1. The van der Waals surface area contributed by atoms with Crippen molar-refractivity contribution in [3.8, 4) is 11.4 Å². The van der Waals surface area contributed by atoms with Crippen LogP contribution in [0.15, 0.2) is 59.1 Å². The monoisotopic (exact) mass is 263 g/mol. The van der Waals surface area contributed by atoms with E-state index in [0.717, 1.165) is 11.1 Å². The number of nitrogens with zero attached hydrogens (tertiary/aromatic N) is 2. The fourth-order valence-electron chi connectivity index (χ4n) is 1.78. The molecule has 98 valence electrons. The van der Waals surface area contributed by atoms with E-state index in [1.54, 1.807) is 6.08 Å². The summed E-state index contributed by atoms with van der Waals surface area (Å²) in [5, 5.41) is 3.95. The van der Waals surface area contributed by atoms with Gasteiger partial charge in [-0.2, -0.15) is 4.98 Å². The van der Waals surface area contributed by atoms with E-state index in [1.807, 2.05) is 60.7 Å². The van der Waals surface area contributed by atoms with E-state index < -0.39 is 0 Å². The number of anilines is 1. The maximum atomic E-state index is 5.65. The van der Waals surface area contributed by atoms with Crippen molar-refractivity contribution >= 4 is 17.8 Å². The number of rotatable bonds is 3. The van der Waals surface area contributed by atoms with Gasteiger partial charge in [-0.3, -0.25) is 0 Å². The fourth-order valence-corrected chi connectivity index (χ4v) is 1.78. The number of hydrogen-bond donors (Lipinski definition) is 1. The Morgan fingerprint density at radius 1 is 0.900 bits per heavy atom. The number of nitrogen functional groups attached to an aromatic ring is 1. The van der Waals surface area contributed by atoms with Crippen molar-refractivity contribution in [2.75, 3.05) is 5.73 Å². The van der Waals surface area contributed by atoms with Gasteiger partial charge in [0, 0.05) is 17.3 Å². The van der Waals surface area contributed by atoms with E-state index in [1.165, 1.54) is 0 Å². The normalized spacial score (nSPS) is 11.0. The standard InChI is InChI=1S/C16H13N3O/c17-14-9-7-13(8-10-14)16-18-15(20-19-16)11-6-12-4-2-1-3-5-12/h1-11H,17H2/b11-6+. The summed E-state index contributed by atoms with van der Waals surface area (Å²) in [6, 6.07) is 17.3. The van der Waals surface area contributed by atoms with Crippen LogP contribution in [0, 0.1) is 0 Å². The molecule has 20 heavy (non-hydrogen) atoms. The van der Waals surface area contributed by atoms with Gasteiger partial charge in [-0.1, -0.05) is 35.5 Å². The minimum atomic E-state index is 0.473. The molecule has 0 spiro atoms. The molecule has 1 aromatic heterocycles. The first-order valence-corrected chi connectivity index (χ1v) is 6.24. The highest BCUT2D eigenvalue weighted by Gasteiger charge is 2.05. The molecule has 3 rings (SSSR count). The van der Waals surface area contributed by atoms with Gasteiger partial charge in [0.1, 0.15) is 0 Å². The Hall–Kier alpha value is -2.88. The van der Waals surface area contributed by atoms with Crippen LogP contribution in [0.2, 0.25) is 0 Å². The summed E-state index contributed by atoms with van der Waals surface area (Å²) in [7, 11) is 0. The van der Waals surface area contributed by atoms with Crippen molar-refractivity contribution in [3.63, 3.8) is 0 Å². The summed E-state index contributed by atoms with van der Waals surface area (Å²) in [6.45, 7) is 0. The van der Waals surface area contributed by atoms with Crippen LogP contribution < -0.4 is 5.73 Å². The van der Waals surface area contributed by atoms with Crippen molar-refractivity contribution in [3.05, 3.63) is 66.1 Å². The average molecular weight is 263 g/mol. The molecule has 0 amide bonds. The third-order valence-electron chi connectivity index (χ3n) is 2.83. The van der Waals surface area contributed by atoms with Gasteiger partial charge in [0.15, 0.2) is 0 Å². The summed E-state index contributed by atoms with van der Waals surface area (Å²) in [6.07, 6.45) is 3.73. The highest BCUT2D eigenvalue weighted by atomic mass is 16.5. The maximum Gasteiger partial charge on any atom is 0.250 e. The van der Waals surface area contributed by atoms with Gasteiger partial charge in [-0.15, -0.1) is 0 Å².